The first-order valence-corrected chi connectivity index (χ1v) is 9.82. The molecule has 0 radical (unpaired) electrons. The molecule has 1 heterocycles. The molecule has 0 aromatic heterocycles. The van der Waals surface area contributed by atoms with Gasteiger partial charge in [-0.2, -0.15) is 0 Å². The predicted molar refractivity (Wildman–Crippen MR) is 108 cm³/mol. The molecule has 142 valence electrons. The molecule has 4 nitrogen and oxygen atoms in total. The fourth-order valence-electron chi connectivity index (χ4n) is 3.46. The molecule has 0 saturated carbocycles. The number of carbonyl (C=O) groups is 2. The lowest BCUT2D eigenvalue weighted by Crippen LogP contribution is -2.25. The summed E-state index contributed by atoms with van der Waals surface area (Å²) in [6.45, 7) is 3.46. The molecule has 0 spiro atoms. The Bertz CT molecular complexity index is 756. The van der Waals surface area contributed by atoms with E-state index >= 15 is 0 Å². The molecular weight excluding hydrogens is 336 g/mol. The third-order valence-electron chi connectivity index (χ3n) is 5.11. The van der Waals surface area contributed by atoms with Crippen molar-refractivity contribution in [3.63, 3.8) is 0 Å². The fraction of sp³-hybridized carbons (Fsp3) is 0.391. The molecular formula is C23H28N2O2. The molecule has 1 unspecified atom stereocenters. The van der Waals surface area contributed by atoms with Gasteiger partial charge >= 0.3 is 0 Å². The van der Waals surface area contributed by atoms with Crippen LogP contribution < -0.4 is 10.2 Å². The number of rotatable bonds is 8. The zero-order valence-corrected chi connectivity index (χ0v) is 16.0. The Hall–Kier alpha value is -2.62. The summed E-state index contributed by atoms with van der Waals surface area (Å²) in [7, 11) is 0. The van der Waals surface area contributed by atoms with Crippen molar-refractivity contribution >= 4 is 17.5 Å². The summed E-state index contributed by atoms with van der Waals surface area (Å²) in [5.41, 5.74) is 3.32. The summed E-state index contributed by atoms with van der Waals surface area (Å²) < 4.78 is 0. The smallest absolute Gasteiger partial charge is 0.227 e. The highest BCUT2D eigenvalue weighted by atomic mass is 16.2. The maximum absolute atomic E-state index is 12.2. The van der Waals surface area contributed by atoms with Gasteiger partial charge in [-0.3, -0.25) is 9.59 Å². The van der Waals surface area contributed by atoms with Gasteiger partial charge < -0.3 is 10.2 Å². The van der Waals surface area contributed by atoms with Crippen molar-refractivity contribution < 1.29 is 9.59 Å². The summed E-state index contributed by atoms with van der Waals surface area (Å²) in [5, 5.41) is 3.01. The van der Waals surface area contributed by atoms with E-state index in [9.17, 15) is 9.59 Å². The second-order valence-electron chi connectivity index (χ2n) is 7.43. The van der Waals surface area contributed by atoms with E-state index < -0.39 is 0 Å². The van der Waals surface area contributed by atoms with E-state index in [0.717, 1.165) is 37.1 Å². The second-order valence-corrected chi connectivity index (χ2v) is 7.43. The molecule has 1 saturated heterocycles. The quantitative estimate of drug-likeness (QED) is 0.767. The standard InChI is InChI=1S/C23H28N2O2/c1-18(9-10-19-6-3-2-4-7-19)16-22(26)24-17-20-11-13-21(14-12-20)25-15-5-8-23(25)27/h2-4,6-7,11-14,18H,5,8-10,15-17H2,1H3,(H,24,26). The van der Waals surface area contributed by atoms with Crippen LogP contribution in [-0.2, 0) is 22.6 Å². The fourth-order valence-corrected chi connectivity index (χ4v) is 3.46. The first-order chi connectivity index (χ1) is 13.1. The normalized spacial score (nSPS) is 15.0. The Morgan fingerprint density at radius 2 is 1.81 bits per heavy atom. The van der Waals surface area contributed by atoms with E-state index in [1.54, 1.807) is 0 Å². The molecule has 3 rings (SSSR count). The number of benzene rings is 2. The van der Waals surface area contributed by atoms with Gasteiger partial charge in [0, 0.05) is 31.6 Å². The highest BCUT2D eigenvalue weighted by molar-refractivity contribution is 5.95. The van der Waals surface area contributed by atoms with Crippen LogP contribution in [0.5, 0.6) is 0 Å². The molecule has 27 heavy (non-hydrogen) atoms. The van der Waals surface area contributed by atoms with Crippen molar-refractivity contribution in [2.75, 3.05) is 11.4 Å². The minimum atomic E-state index is 0.0920. The van der Waals surface area contributed by atoms with Crippen molar-refractivity contribution in [3.05, 3.63) is 65.7 Å². The van der Waals surface area contributed by atoms with Crippen LogP contribution in [0.3, 0.4) is 0 Å². The van der Waals surface area contributed by atoms with Gasteiger partial charge in [0.25, 0.3) is 0 Å². The predicted octanol–water partition coefficient (Wildman–Crippen LogP) is 4.09. The van der Waals surface area contributed by atoms with Crippen LogP contribution in [-0.4, -0.2) is 18.4 Å². The summed E-state index contributed by atoms with van der Waals surface area (Å²) in [4.78, 5) is 25.8. The number of nitrogens with zero attached hydrogens (tertiary/aromatic N) is 1. The number of amides is 2. The molecule has 1 N–H and O–H groups in total. The SMILES string of the molecule is CC(CCc1ccccc1)CC(=O)NCc1ccc(N2CCCC2=O)cc1. The van der Waals surface area contributed by atoms with Crippen molar-refractivity contribution in [2.45, 2.75) is 45.6 Å². The van der Waals surface area contributed by atoms with Crippen LogP contribution in [0, 0.1) is 5.92 Å². The van der Waals surface area contributed by atoms with Crippen molar-refractivity contribution in [1.82, 2.24) is 5.32 Å². The van der Waals surface area contributed by atoms with Gasteiger partial charge in [0.15, 0.2) is 0 Å². The van der Waals surface area contributed by atoms with E-state index in [1.165, 1.54) is 5.56 Å². The Kier molecular flexibility index (Phi) is 6.64. The van der Waals surface area contributed by atoms with Crippen LogP contribution >= 0.6 is 0 Å². The number of hydrogen-bond donors (Lipinski definition) is 1. The van der Waals surface area contributed by atoms with Crippen LogP contribution in [0.1, 0.15) is 43.7 Å². The van der Waals surface area contributed by atoms with Crippen molar-refractivity contribution in [1.29, 1.82) is 0 Å². The van der Waals surface area contributed by atoms with Crippen LogP contribution in [0.2, 0.25) is 0 Å². The van der Waals surface area contributed by atoms with Crippen molar-refractivity contribution in [2.24, 2.45) is 5.92 Å². The zero-order valence-electron chi connectivity index (χ0n) is 16.0. The number of hydrogen-bond acceptors (Lipinski definition) is 2. The number of carbonyl (C=O) groups excluding carboxylic acids is 2. The average Bonchev–Trinajstić information content (AvgIpc) is 3.12. The second kappa shape index (κ2) is 9.36. The Morgan fingerprint density at radius 3 is 2.48 bits per heavy atom. The first-order valence-electron chi connectivity index (χ1n) is 9.82. The van der Waals surface area contributed by atoms with E-state index in [1.807, 2.05) is 35.2 Å². The third-order valence-corrected chi connectivity index (χ3v) is 5.11. The lowest BCUT2D eigenvalue weighted by Gasteiger charge is -2.16. The van der Waals surface area contributed by atoms with Gasteiger partial charge in [0.05, 0.1) is 0 Å². The molecule has 0 aliphatic carbocycles. The third kappa shape index (κ3) is 5.68. The summed E-state index contributed by atoms with van der Waals surface area (Å²) in [6.07, 6.45) is 4.13. The summed E-state index contributed by atoms with van der Waals surface area (Å²) in [6, 6.07) is 18.3. The molecule has 1 fully saturated rings. The van der Waals surface area contributed by atoms with Gasteiger partial charge in [-0.05, 0) is 48.4 Å². The molecule has 2 amide bonds. The van der Waals surface area contributed by atoms with Gasteiger partial charge in [0.1, 0.15) is 0 Å². The minimum absolute atomic E-state index is 0.0920. The Balaban J connectivity index is 1.40. The van der Waals surface area contributed by atoms with Gasteiger partial charge in [0.2, 0.25) is 11.8 Å². The van der Waals surface area contributed by atoms with E-state index in [2.05, 4.69) is 36.5 Å². The van der Waals surface area contributed by atoms with E-state index in [-0.39, 0.29) is 11.8 Å². The molecule has 1 atom stereocenters. The number of aryl methyl sites for hydroxylation is 1. The Labute approximate surface area is 161 Å². The van der Waals surface area contributed by atoms with Crippen LogP contribution in [0.4, 0.5) is 5.69 Å². The summed E-state index contributed by atoms with van der Waals surface area (Å²) in [5.74, 6) is 0.642. The average molecular weight is 364 g/mol. The Morgan fingerprint density at radius 1 is 1.07 bits per heavy atom. The molecule has 0 bridgehead atoms. The lowest BCUT2D eigenvalue weighted by molar-refractivity contribution is -0.122. The van der Waals surface area contributed by atoms with E-state index in [4.69, 9.17) is 0 Å². The molecule has 1 aliphatic heterocycles. The van der Waals surface area contributed by atoms with Gasteiger partial charge in [-0.25, -0.2) is 0 Å². The van der Waals surface area contributed by atoms with Gasteiger partial charge in [-0.1, -0.05) is 49.4 Å². The largest absolute Gasteiger partial charge is 0.352 e. The summed E-state index contributed by atoms with van der Waals surface area (Å²) >= 11 is 0. The molecule has 4 heteroatoms. The highest BCUT2D eigenvalue weighted by Gasteiger charge is 2.21. The maximum atomic E-state index is 12.2. The van der Waals surface area contributed by atoms with E-state index in [0.29, 0.717) is 25.3 Å². The monoisotopic (exact) mass is 364 g/mol. The van der Waals surface area contributed by atoms with Crippen LogP contribution in [0.15, 0.2) is 54.6 Å². The molecule has 2 aromatic rings. The topological polar surface area (TPSA) is 49.4 Å². The first kappa shape index (κ1) is 19.2. The lowest BCUT2D eigenvalue weighted by atomic mass is 9.98. The van der Waals surface area contributed by atoms with Gasteiger partial charge in [-0.15, -0.1) is 0 Å². The number of anilines is 1. The maximum Gasteiger partial charge on any atom is 0.227 e. The number of nitrogens with one attached hydrogen (secondary N) is 1. The van der Waals surface area contributed by atoms with Crippen LogP contribution in [0.25, 0.3) is 0 Å². The molecule has 2 aromatic carbocycles. The zero-order chi connectivity index (χ0) is 19.1. The minimum Gasteiger partial charge on any atom is -0.352 e. The highest BCUT2D eigenvalue weighted by Crippen LogP contribution is 2.21. The van der Waals surface area contributed by atoms with Crippen molar-refractivity contribution in [3.8, 4) is 0 Å². The molecule has 1 aliphatic rings.